The van der Waals surface area contributed by atoms with Crippen LogP contribution < -0.4 is 10.2 Å². The van der Waals surface area contributed by atoms with Crippen LogP contribution in [0.1, 0.15) is 33.7 Å². The number of aryl methyl sites for hydroxylation is 2. The number of rotatable bonds is 4. The van der Waals surface area contributed by atoms with E-state index < -0.39 is 0 Å². The SMILES string of the molecule is Cc1cc(C(=O)NCc2ccc3c(c2)CCCN3C)nn1-c1ccccc1. The van der Waals surface area contributed by atoms with Crippen molar-refractivity contribution in [3.05, 3.63) is 77.1 Å². The maximum atomic E-state index is 12.6. The largest absolute Gasteiger partial charge is 0.374 e. The van der Waals surface area contributed by atoms with E-state index >= 15 is 0 Å². The molecule has 2 heterocycles. The van der Waals surface area contributed by atoms with Crippen LogP contribution in [-0.2, 0) is 13.0 Å². The molecular weight excluding hydrogens is 336 g/mol. The fraction of sp³-hybridized carbons (Fsp3) is 0.273. The third kappa shape index (κ3) is 3.58. The second-order valence-electron chi connectivity index (χ2n) is 7.09. The van der Waals surface area contributed by atoms with Gasteiger partial charge in [-0.1, -0.05) is 30.3 Å². The van der Waals surface area contributed by atoms with E-state index in [1.54, 1.807) is 4.68 Å². The molecule has 138 valence electrons. The highest BCUT2D eigenvalue weighted by molar-refractivity contribution is 5.92. The lowest BCUT2D eigenvalue weighted by molar-refractivity contribution is 0.0945. The van der Waals surface area contributed by atoms with Gasteiger partial charge in [0, 0.05) is 31.5 Å². The molecule has 0 atom stereocenters. The van der Waals surface area contributed by atoms with E-state index in [0.717, 1.165) is 29.9 Å². The lowest BCUT2D eigenvalue weighted by Gasteiger charge is -2.27. The van der Waals surface area contributed by atoms with E-state index in [1.807, 2.05) is 43.3 Å². The number of nitrogens with zero attached hydrogens (tertiary/aromatic N) is 3. The summed E-state index contributed by atoms with van der Waals surface area (Å²) in [6.45, 7) is 3.57. The molecule has 0 saturated carbocycles. The predicted molar refractivity (Wildman–Crippen MR) is 108 cm³/mol. The Balaban J connectivity index is 1.46. The van der Waals surface area contributed by atoms with Gasteiger partial charge in [0.25, 0.3) is 5.91 Å². The fourth-order valence-electron chi connectivity index (χ4n) is 3.64. The van der Waals surface area contributed by atoms with Crippen molar-refractivity contribution in [3.8, 4) is 5.69 Å². The highest BCUT2D eigenvalue weighted by atomic mass is 16.1. The molecule has 0 fully saturated rings. The number of amides is 1. The molecule has 1 amide bonds. The molecule has 0 bridgehead atoms. The number of anilines is 1. The van der Waals surface area contributed by atoms with Crippen molar-refractivity contribution >= 4 is 11.6 Å². The summed E-state index contributed by atoms with van der Waals surface area (Å²) in [5.41, 5.74) is 6.11. The lowest BCUT2D eigenvalue weighted by Crippen LogP contribution is -2.26. The van der Waals surface area contributed by atoms with Gasteiger partial charge in [-0.2, -0.15) is 5.10 Å². The molecule has 4 rings (SSSR count). The second kappa shape index (κ2) is 7.27. The standard InChI is InChI=1S/C22H24N4O/c1-16-13-20(24-26(16)19-8-4-3-5-9-19)22(27)23-15-17-10-11-21-18(14-17)7-6-12-25(21)2/h3-5,8-11,13-14H,6-7,12,15H2,1-2H3,(H,23,27). The molecule has 27 heavy (non-hydrogen) atoms. The molecule has 0 saturated heterocycles. The molecule has 0 unspecified atom stereocenters. The van der Waals surface area contributed by atoms with Crippen LogP contribution in [0, 0.1) is 6.92 Å². The molecule has 0 radical (unpaired) electrons. The van der Waals surface area contributed by atoms with Crippen LogP contribution in [0.15, 0.2) is 54.6 Å². The second-order valence-corrected chi connectivity index (χ2v) is 7.09. The van der Waals surface area contributed by atoms with Crippen molar-refractivity contribution < 1.29 is 4.79 Å². The predicted octanol–water partition coefficient (Wildman–Crippen LogP) is 3.49. The van der Waals surface area contributed by atoms with Gasteiger partial charge in [-0.25, -0.2) is 4.68 Å². The van der Waals surface area contributed by atoms with Gasteiger partial charge < -0.3 is 10.2 Å². The topological polar surface area (TPSA) is 50.2 Å². The molecule has 0 spiro atoms. The molecule has 1 aromatic heterocycles. The van der Waals surface area contributed by atoms with E-state index in [9.17, 15) is 4.79 Å². The van der Waals surface area contributed by atoms with Crippen LogP contribution >= 0.6 is 0 Å². The Morgan fingerprint density at radius 2 is 1.96 bits per heavy atom. The monoisotopic (exact) mass is 360 g/mol. The molecule has 5 heteroatoms. The number of hydrogen-bond acceptors (Lipinski definition) is 3. The van der Waals surface area contributed by atoms with Gasteiger partial charge in [-0.3, -0.25) is 4.79 Å². The minimum absolute atomic E-state index is 0.150. The molecular formula is C22H24N4O. The number of carbonyl (C=O) groups is 1. The number of carbonyl (C=O) groups excluding carboxylic acids is 1. The Kier molecular flexibility index (Phi) is 4.67. The smallest absolute Gasteiger partial charge is 0.272 e. The zero-order valence-electron chi connectivity index (χ0n) is 15.8. The summed E-state index contributed by atoms with van der Waals surface area (Å²) < 4.78 is 1.80. The summed E-state index contributed by atoms with van der Waals surface area (Å²) >= 11 is 0. The summed E-state index contributed by atoms with van der Waals surface area (Å²) in [6.07, 6.45) is 2.28. The number of nitrogens with one attached hydrogen (secondary N) is 1. The first-order valence-electron chi connectivity index (χ1n) is 9.35. The van der Waals surface area contributed by atoms with Gasteiger partial charge in [-0.05, 0) is 55.2 Å². The average molecular weight is 360 g/mol. The Morgan fingerprint density at radius 1 is 1.15 bits per heavy atom. The van der Waals surface area contributed by atoms with Crippen molar-refractivity contribution in [2.24, 2.45) is 0 Å². The minimum atomic E-state index is -0.150. The quantitative estimate of drug-likeness (QED) is 0.775. The lowest BCUT2D eigenvalue weighted by atomic mass is 9.99. The molecule has 2 aromatic carbocycles. The molecule has 1 aliphatic rings. The van der Waals surface area contributed by atoms with Crippen molar-refractivity contribution in [1.82, 2.24) is 15.1 Å². The Labute approximate surface area is 159 Å². The Morgan fingerprint density at radius 3 is 2.78 bits per heavy atom. The van der Waals surface area contributed by atoms with E-state index in [2.05, 4.69) is 40.6 Å². The van der Waals surface area contributed by atoms with Gasteiger partial charge in [0.2, 0.25) is 0 Å². The summed E-state index contributed by atoms with van der Waals surface area (Å²) in [4.78, 5) is 14.9. The number of aromatic nitrogens is 2. The number of para-hydroxylation sites is 1. The van der Waals surface area contributed by atoms with Gasteiger partial charge in [0.1, 0.15) is 0 Å². The number of hydrogen-bond donors (Lipinski definition) is 1. The molecule has 1 N–H and O–H groups in total. The normalized spacial score (nSPS) is 13.3. The van der Waals surface area contributed by atoms with Crippen LogP contribution in [0.4, 0.5) is 5.69 Å². The fourth-order valence-corrected chi connectivity index (χ4v) is 3.64. The molecule has 3 aromatic rings. The number of benzene rings is 2. The first-order chi connectivity index (χ1) is 13.1. The van der Waals surface area contributed by atoms with E-state index in [4.69, 9.17) is 0 Å². The third-order valence-electron chi connectivity index (χ3n) is 5.07. The maximum Gasteiger partial charge on any atom is 0.272 e. The van der Waals surface area contributed by atoms with E-state index in [1.165, 1.54) is 17.7 Å². The highest BCUT2D eigenvalue weighted by Gasteiger charge is 2.15. The molecule has 5 nitrogen and oxygen atoms in total. The summed E-state index contributed by atoms with van der Waals surface area (Å²) in [5.74, 6) is -0.150. The van der Waals surface area contributed by atoms with Crippen molar-refractivity contribution in [2.75, 3.05) is 18.5 Å². The van der Waals surface area contributed by atoms with Crippen molar-refractivity contribution in [2.45, 2.75) is 26.3 Å². The third-order valence-corrected chi connectivity index (χ3v) is 5.07. The van der Waals surface area contributed by atoms with Crippen LogP contribution in [0.2, 0.25) is 0 Å². The number of fused-ring (bicyclic) bond motifs is 1. The summed E-state index contributed by atoms with van der Waals surface area (Å²) in [5, 5.41) is 7.47. The average Bonchev–Trinajstić information content (AvgIpc) is 3.09. The van der Waals surface area contributed by atoms with Gasteiger partial charge in [0.15, 0.2) is 5.69 Å². The molecule has 1 aliphatic heterocycles. The van der Waals surface area contributed by atoms with Crippen LogP contribution in [-0.4, -0.2) is 29.3 Å². The van der Waals surface area contributed by atoms with E-state index in [-0.39, 0.29) is 5.91 Å². The highest BCUT2D eigenvalue weighted by Crippen LogP contribution is 2.26. The van der Waals surface area contributed by atoms with Crippen LogP contribution in [0.5, 0.6) is 0 Å². The van der Waals surface area contributed by atoms with Crippen LogP contribution in [0.3, 0.4) is 0 Å². The molecule has 0 aliphatic carbocycles. The Hall–Kier alpha value is -3.08. The van der Waals surface area contributed by atoms with Gasteiger partial charge in [-0.15, -0.1) is 0 Å². The minimum Gasteiger partial charge on any atom is -0.374 e. The van der Waals surface area contributed by atoms with Crippen molar-refractivity contribution in [1.29, 1.82) is 0 Å². The first kappa shape index (κ1) is 17.3. The summed E-state index contributed by atoms with van der Waals surface area (Å²) in [7, 11) is 2.13. The zero-order valence-corrected chi connectivity index (χ0v) is 15.8. The van der Waals surface area contributed by atoms with Crippen LogP contribution in [0.25, 0.3) is 5.69 Å². The van der Waals surface area contributed by atoms with Gasteiger partial charge >= 0.3 is 0 Å². The Bertz CT molecular complexity index is 962. The summed E-state index contributed by atoms with van der Waals surface area (Å²) in [6, 6.07) is 18.1. The first-order valence-corrected chi connectivity index (χ1v) is 9.35. The van der Waals surface area contributed by atoms with Gasteiger partial charge in [0.05, 0.1) is 5.69 Å². The van der Waals surface area contributed by atoms with Crippen molar-refractivity contribution in [3.63, 3.8) is 0 Å². The van der Waals surface area contributed by atoms with E-state index in [0.29, 0.717) is 12.2 Å². The maximum absolute atomic E-state index is 12.6. The zero-order chi connectivity index (χ0) is 18.8.